The van der Waals surface area contributed by atoms with E-state index in [0.29, 0.717) is 11.6 Å². The minimum Gasteiger partial charge on any atom is -0.497 e. The van der Waals surface area contributed by atoms with Crippen LogP contribution in [0.15, 0.2) is 41.0 Å². The van der Waals surface area contributed by atoms with Gasteiger partial charge < -0.3 is 14.9 Å². The number of methoxy groups -OCH3 is 1. The summed E-state index contributed by atoms with van der Waals surface area (Å²) >= 11 is 5.88. The van der Waals surface area contributed by atoms with Crippen molar-refractivity contribution in [1.82, 2.24) is 0 Å². The molecule has 1 atom stereocenters. The van der Waals surface area contributed by atoms with Crippen molar-refractivity contribution in [1.29, 1.82) is 0 Å². The number of nitrogens with two attached hydrogens (primary N) is 1. The summed E-state index contributed by atoms with van der Waals surface area (Å²) in [7, 11) is 1.64. The normalized spacial score (nSPS) is 12.4. The fraction of sp³-hybridized carbons (Fsp3) is 0.231. The van der Waals surface area contributed by atoms with Gasteiger partial charge in [0, 0.05) is 11.6 Å². The Balaban J connectivity index is 2.07. The van der Waals surface area contributed by atoms with Crippen molar-refractivity contribution < 1.29 is 9.15 Å². The molecule has 0 saturated heterocycles. The SMILES string of the molecule is COc1ccc(CC(N)c2ccoc2Cl)cc1. The van der Waals surface area contributed by atoms with E-state index in [-0.39, 0.29) is 6.04 Å². The van der Waals surface area contributed by atoms with E-state index < -0.39 is 0 Å². The highest BCUT2D eigenvalue weighted by Gasteiger charge is 2.13. The van der Waals surface area contributed by atoms with Crippen LogP contribution < -0.4 is 10.5 Å². The van der Waals surface area contributed by atoms with Crippen LogP contribution in [-0.4, -0.2) is 7.11 Å². The molecule has 0 spiro atoms. The van der Waals surface area contributed by atoms with E-state index in [1.807, 2.05) is 24.3 Å². The standard InChI is InChI=1S/C13H14ClNO2/c1-16-10-4-2-9(3-5-10)8-12(15)11-6-7-17-13(11)14/h2-7,12H,8,15H2,1H3. The van der Waals surface area contributed by atoms with E-state index in [2.05, 4.69) is 0 Å². The average Bonchev–Trinajstić information content (AvgIpc) is 2.76. The third kappa shape index (κ3) is 2.81. The molecule has 3 nitrogen and oxygen atoms in total. The summed E-state index contributed by atoms with van der Waals surface area (Å²) < 4.78 is 10.1. The predicted molar refractivity (Wildman–Crippen MR) is 67.3 cm³/mol. The molecule has 1 aromatic heterocycles. The smallest absolute Gasteiger partial charge is 0.197 e. The number of hydrogen-bond acceptors (Lipinski definition) is 3. The second kappa shape index (κ2) is 5.25. The number of halogens is 1. The number of benzene rings is 1. The van der Waals surface area contributed by atoms with Gasteiger partial charge in [0.05, 0.1) is 13.4 Å². The van der Waals surface area contributed by atoms with Crippen LogP contribution in [-0.2, 0) is 6.42 Å². The second-order valence-electron chi connectivity index (χ2n) is 3.81. The van der Waals surface area contributed by atoms with Crippen molar-refractivity contribution in [2.45, 2.75) is 12.5 Å². The van der Waals surface area contributed by atoms with Crippen molar-refractivity contribution in [3.8, 4) is 5.75 Å². The summed E-state index contributed by atoms with van der Waals surface area (Å²) in [5, 5.41) is 0.367. The van der Waals surface area contributed by atoms with Gasteiger partial charge in [0.15, 0.2) is 5.22 Å². The van der Waals surface area contributed by atoms with Crippen LogP contribution in [0.5, 0.6) is 5.75 Å². The maximum Gasteiger partial charge on any atom is 0.197 e. The van der Waals surface area contributed by atoms with Crippen molar-refractivity contribution in [3.05, 3.63) is 52.9 Å². The summed E-state index contributed by atoms with van der Waals surface area (Å²) in [5.41, 5.74) is 8.04. The highest BCUT2D eigenvalue weighted by Crippen LogP contribution is 2.25. The topological polar surface area (TPSA) is 48.4 Å². The Hall–Kier alpha value is -1.45. The summed E-state index contributed by atoms with van der Waals surface area (Å²) in [6.07, 6.45) is 2.26. The van der Waals surface area contributed by atoms with Crippen molar-refractivity contribution >= 4 is 11.6 Å². The number of rotatable bonds is 4. The first-order valence-electron chi connectivity index (χ1n) is 5.32. The first kappa shape index (κ1) is 12.0. The van der Waals surface area contributed by atoms with Gasteiger partial charge in [0.25, 0.3) is 0 Å². The second-order valence-corrected chi connectivity index (χ2v) is 4.15. The van der Waals surface area contributed by atoms with Crippen molar-refractivity contribution in [3.63, 3.8) is 0 Å². The van der Waals surface area contributed by atoms with E-state index in [1.54, 1.807) is 19.4 Å². The Bertz CT molecular complexity index is 478. The van der Waals surface area contributed by atoms with Crippen LogP contribution >= 0.6 is 11.6 Å². The molecule has 0 aliphatic heterocycles. The Morgan fingerprint density at radius 2 is 2.00 bits per heavy atom. The van der Waals surface area contributed by atoms with Gasteiger partial charge in [0.2, 0.25) is 0 Å². The third-order valence-electron chi connectivity index (χ3n) is 2.66. The first-order valence-corrected chi connectivity index (χ1v) is 5.70. The Kier molecular flexibility index (Phi) is 3.71. The predicted octanol–water partition coefficient (Wildman–Crippen LogP) is 3.18. The van der Waals surface area contributed by atoms with Gasteiger partial charge in [-0.05, 0) is 41.8 Å². The Morgan fingerprint density at radius 3 is 2.53 bits per heavy atom. The van der Waals surface area contributed by atoms with E-state index in [1.165, 1.54) is 0 Å². The van der Waals surface area contributed by atoms with E-state index in [9.17, 15) is 0 Å². The molecule has 2 N–H and O–H groups in total. The summed E-state index contributed by atoms with van der Waals surface area (Å²) in [6, 6.07) is 9.46. The lowest BCUT2D eigenvalue weighted by Crippen LogP contribution is -2.12. The molecule has 1 unspecified atom stereocenters. The number of ether oxygens (including phenoxy) is 1. The lowest BCUT2D eigenvalue weighted by molar-refractivity contribution is 0.414. The molecule has 0 aliphatic rings. The molecule has 1 heterocycles. The zero-order valence-corrected chi connectivity index (χ0v) is 10.3. The molecule has 4 heteroatoms. The molecule has 90 valence electrons. The van der Waals surface area contributed by atoms with Gasteiger partial charge in [-0.15, -0.1) is 0 Å². The molecule has 17 heavy (non-hydrogen) atoms. The van der Waals surface area contributed by atoms with Crippen LogP contribution in [0.25, 0.3) is 0 Å². The molecule has 0 amide bonds. The van der Waals surface area contributed by atoms with E-state index in [4.69, 9.17) is 26.5 Å². The fourth-order valence-corrected chi connectivity index (χ4v) is 1.95. The largest absolute Gasteiger partial charge is 0.497 e. The lowest BCUT2D eigenvalue weighted by Gasteiger charge is -2.10. The molecule has 0 aliphatic carbocycles. The van der Waals surface area contributed by atoms with Crippen LogP contribution in [0.2, 0.25) is 5.22 Å². The Morgan fingerprint density at radius 1 is 1.29 bits per heavy atom. The van der Waals surface area contributed by atoms with Crippen LogP contribution in [0.1, 0.15) is 17.2 Å². The number of hydrogen-bond donors (Lipinski definition) is 1. The molecule has 2 aromatic rings. The molecule has 2 rings (SSSR count). The summed E-state index contributed by atoms with van der Waals surface area (Å²) in [4.78, 5) is 0. The molecule has 0 radical (unpaired) electrons. The van der Waals surface area contributed by atoms with Gasteiger partial charge in [-0.1, -0.05) is 12.1 Å². The van der Waals surface area contributed by atoms with Crippen molar-refractivity contribution in [2.75, 3.05) is 7.11 Å². The maximum absolute atomic E-state index is 6.07. The molecular formula is C13H14ClNO2. The summed E-state index contributed by atoms with van der Waals surface area (Å²) in [6.45, 7) is 0. The minimum atomic E-state index is -0.158. The van der Waals surface area contributed by atoms with Gasteiger partial charge >= 0.3 is 0 Å². The average molecular weight is 252 g/mol. The number of furan rings is 1. The monoisotopic (exact) mass is 251 g/mol. The molecule has 0 bridgehead atoms. The quantitative estimate of drug-likeness (QED) is 0.908. The van der Waals surface area contributed by atoms with Gasteiger partial charge in [-0.25, -0.2) is 0 Å². The van der Waals surface area contributed by atoms with E-state index >= 15 is 0 Å². The molecule has 0 saturated carbocycles. The Labute approximate surface area is 105 Å². The zero-order valence-electron chi connectivity index (χ0n) is 9.52. The third-order valence-corrected chi connectivity index (χ3v) is 2.97. The fourth-order valence-electron chi connectivity index (χ4n) is 1.70. The minimum absolute atomic E-state index is 0.158. The zero-order chi connectivity index (χ0) is 12.3. The molecular weight excluding hydrogens is 238 g/mol. The van der Waals surface area contributed by atoms with Crippen LogP contribution in [0.4, 0.5) is 0 Å². The molecule has 0 fully saturated rings. The summed E-state index contributed by atoms with van der Waals surface area (Å²) in [5.74, 6) is 0.837. The highest BCUT2D eigenvalue weighted by atomic mass is 35.5. The van der Waals surface area contributed by atoms with E-state index in [0.717, 1.165) is 16.9 Å². The van der Waals surface area contributed by atoms with Crippen LogP contribution in [0.3, 0.4) is 0 Å². The maximum atomic E-state index is 6.07. The van der Waals surface area contributed by atoms with Crippen LogP contribution in [0, 0.1) is 0 Å². The highest BCUT2D eigenvalue weighted by molar-refractivity contribution is 6.29. The molecule has 1 aromatic carbocycles. The van der Waals surface area contributed by atoms with Crippen molar-refractivity contribution in [2.24, 2.45) is 5.73 Å². The van der Waals surface area contributed by atoms with Gasteiger partial charge in [0.1, 0.15) is 5.75 Å². The van der Waals surface area contributed by atoms with Gasteiger partial charge in [-0.2, -0.15) is 0 Å². The lowest BCUT2D eigenvalue weighted by atomic mass is 10.0. The van der Waals surface area contributed by atoms with Gasteiger partial charge in [-0.3, -0.25) is 0 Å². The first-order chi connectivity index (χ1) is 8.20.